The third kappa shape index (κ3) is 3.84. The van der Waals surface area contributed by atoms with Gasteiger partial charge in [-0.2, -0.15) is 0 Å². The smallest absolute Gasteiger partial charge is 0.251 e. The molecule has 0 aliphatic carbocycles. The van der Waals surface area contributed by atoms with Gasteiger partial charge in [0, 0.05) is 24.9 Å². The molecule has 6 nitrogen and oxygen atoms in total. The fourth-order valence-corrected chi connectivity index (χ4v) is 1.13. The van der Waals surface area contributed by atoms with Gasteiger partial charge in [0.2, 0.25) is 0 Å². The van der Waals surface area contributed by atoms with E-state index >= 15 is 0 Å². The van der Waals surface area contributed by atoms with Gasteiger partial charge < -0.3 is 15.5 Å². The van der Waals surface area contributed by atoms with Gasteiger partial charge in [-0.3, -0.25) is 4.79 Å². The van der Waals surface area contributed by atoms with Gasteiger partial charge in [0.15, 0.2) is 0 Å². The summed E-state index contributed by atoms with van der Waals surface area (Å²) in [5.41, 5.74) is 2.90. The lowest BCUT2D eigenvalue weighted by atomic mass is 10.2. The summed E-state index contributed by atoms with van der Waals surface area (Å²) in [6, 6.07) is 3.20. The van der Waals surface area contributed by atoms with E-state index in [1.807, 2.05) is 6.92 Å². The number of hydrogen-bond acceptors (Lipinski definition) is 5. The number of nitrogens with two attached hydrogens (primary N) is 1. The molecular formula is C10H16N4O2. The molecule has 6 heteroatoms. The summed E-state index contributed by atoms with van der Waals surface area (Å²) >= 11 is 0. The van der Waals surface area contributed by atoms with Crippen molar-refractivity contribution < 1.29 is 9.53 Å². The lowest BCUT2D eigenvalue weighted by molar-refractivity contribution is 0.0922. The average Bonchev–Trinajstić information content (AvgIpc) is 2.34. The van der Waals surface area contributed by atoms with Crippen LogP contribution in [-0.4, -0.2) is 30.6 Å². The maximum atomic E-state index is 11.6. The van der Waals surface area contributed by atoms with Crippen molar-refractivity contribution in [3.8, 4) is 0 Å². The molecular weight excluding hydrogens is 208 g/mol. The van der Waals surface area contributed by atoms with Crippen LogP contribution in [0.4, 0.5) is 5.82 Å². The van der Waals surface area contributed by atoms with E-state index in [2.05, 4.69) is 15.7 Å². The van der Waals surface area contributed by atoms with Crippen molar-refractivity contribution in [2.75, 3.05) is 25.2 Å². The van der Waals surface area contributed by atoms with E-state index in [4.69, 9.17) is 10.6 Å². The average molecular weight is 224 g/mol. The number of pyridine rings is 1. The number of carbonyl (C=O) groups is 1. The van der Waals surface area contributed by atoms with Gasteiger partial charge in [-0.05, 0) is 19.1 Å². The maximum absolute atomic E-state index is 11.6. The minimum Gasteiger partial charge on any atom is -0.380 e. The van der Waals surface area contributed by atoms with Crippen LogP contribution < -0.4 is 16.6 Å². The topological polar surface area (TPSA) is 89.3 Å². The van der Waals surface area contributed by atoms with Crippen molar-refractivity contribution in [2.45, 2.75) is 6.92 Å². The lowest BCUT2D eigenvalue weighted by Gasteiger charge is -2.06. The van der Waals surface area contributed by atoms with E-state index < -0.39 is 0 Å². The molecule has 4 N–H and O–H groups in total. The Balaban J connectivity index is 2.46. The van der Waals surface area contributed by atoms with Gasteiger partial charge in [0.05, 0.1) is 6.61 Å². The molecule has 1 rings (SSSR count). The first-order valence-corrected chi connectivity index (χ1v) is 5.06. The van der Waals surface area contributed by atoms with Gasteiger partial charge in [0.25, 0.3) is 5.91 Å². The monoisotopic (exact) mass is 224 g/mol. The molecule has 1 heterocycles. The number of nitrogens with zero attached hydrogens (tertiary/aromatic N) is 1. The number of ether oxygens (including phenoxy) is 1. The molecule has 1 aromatic heterocycles. The summed E-state index contributed by atoms with van der Waals surface area (Å²) in [5.74, 6) is 5.48. The number of amides is 1. The van der Waals surface area contributed by atoms with Crippen molar-refractivity contribution >= 4 is 11.7 Å². The molecule has 0 aromatic carbocycles. The number of nitrogens with one attached hydrogen (secondary N) is 2. The van der Waals surface area contributed by atoms with Crippen molar-refractivity contribution in [2.24, 2.45) is 5.84 Å². The molecule has 88 valence electrons. The second-order valence-electron chi connectivity index (χ2n) is 3.03. The Labute approximate surface area is 94.2 Å². The molecule has 0 spiro atoms. The van der Waals surface area contributed by atoms with Gasteiger partial charge >= 0.3 is 0 Å². The minimum absolute atomic E-state index is 0.168. The third-order valence-corrected chi connectivity index (χ3v) is 1.91. The van der Waals surface area contributed by atoms with Gasteiger partial charge in [-0.15, -0.1) is 0 Å². The highest BCUT2D eigenvalue weighted by Crippen LogP contribution is 2.04. The summed E-state index contributed by atoms with van der Waals surface area (Å²) in [5, 5.41) is 2.72. The van der Waals surface area contributed by atoms with E-state index in [0.717, 1.165) is 0 Å². The number of hydrazine groups is 1. The molecule has 0 radical (unpaired) electrons. The van der Waals surface area contributed by atoms with E-state index in [1.165, 1.54) is 6.20 Å². The summed E-state index contributed by atoms with van der Waals surface area (Å²) < 4.78 is 5.11. The second-order valence-corrected chi connectivity index (χ2v) is 3.03. The standard InChI is InChI=1S/C10H16N4O2/c1-2-16-6-5-13-10(15)8-3-4-12-9(7-8)14-11/h3-4,7H,2,5-6,11H2,1H3,(H,12,14)(H,13,15). The highest BCUT2D eigenvalue weighted by atomic mass is 16.5. The van der Waals surface area contributed by atoms with Crippen molar-refractivity contribution in [1.29, 1.82) is 0 Å². The van der Waals surface area contributed by atoms with Crippen LogP contribution in [0.15, 0.2) is 18.3 Å². The second kappa shape index (κ2) is 6.76. The zero-order valence-corrected chi connectivity index (χ0v) is 9.19. The number of hydrogen-bond donors (Lipinski definition) is 3. The molecule has 0 aliphatic heterocycles. The number of rotatable bonds is 6. The van der Waals surface area contributed by atoms with Crippen LogP contribution in [0.1, 0.15) is 17.3 Å². The molecule has 0 atom stereocenters. The van der Waals surface area contributed by atoms with Crippen molar-refractivity contribution in [3.63, 3.8) is 0 Å². The first-order valence-electron chi connectivity index (χ1n) is 5.06. The van der Waals surface area contributed by atoms with E-state index in [9.17, 15) is 4.79 Å². The lowest BCUT2D eigenvalue weighted by Crippen LogP contribution is -2.27. The van der Waals surface area contributed by atoms with Crippen molar-refractivity contribution in [1.82, 2.24) is 10.3 Å². The van der Waals surface area contributed by atoms with Crippen LogP contribution >= 0.6 is 0 Å². The van der Waals surface area contributed by atoms with E-state index in [1.54, 1.807) is 12.1 Å². The number of nitrogen functional groups attached to an aromatic ring is 1. The largest absolute Gasteiger partial charge is 0.380 e. The summed E-state index contributed by atoms with van der Waals surface area (Å²) in [7, 11) is 0. The molecule has 1 amide bonds. The van der Waals surface area contributed by atoms with Gasteiger partial charge in [0.1, 0.15) is 5.82 Å². The van der Waals surface area contributed by atoms with Crippen LogP contribution in [0.3, 0.4) is 0 Å². The molecule has 16 heavy (non-hydrogen) atoms. The predicted molar refractivity (Wildman–Crippen MR) is 60.9 cm³/mol. The predicted octanol–water partition coefficient (Wildman–Crippen LogP) is 0.134. The summed E-state index contributed by atoms with van der Waals surface area (Å²) in [6.45, 7) is 3.55. The highest BCUT2D eigenvalue weighted by Gasteiger charge is 2.05. The first kappa shape index (κ1) is 12.4. The molecule has 0 saturated heterocycles. The number of anilines is 1. The zero-order chi connectivity index (χ0) is 11.8. The number of aromatic nitrogens is 1. The molecule has 0 fully saturated rings. The Morgan fingerprint density at radius 2 is 2.44 bits per heavy atom. The van der Waals surface area contributed by atoms with Crippen LogP contribution in [0, 0.1) is 0 Å². The molecule has 0 unspecified atom stereocenters. The number of carbonyl (C=O) groups excluding carboxylic acids is 1. The summed E-state index contributed by atoms with van der Waals surface area (Å²) in [4.78, 5) is 15.5. The Hall–Kier alpha value is -1.66. The SMILES string of the molecule is CCOCCNC(=O)c1ccnc(NN)c1. The minimum atomic E-state index is -0.168. The third-order valence-electron chi connectivity index (χ3n) is 1.91. The van der Waals surface area contributed by atoms with Crippen LogP contribution in [0.5, 0.6) is 0 Å². The highest BCUT2D eigenvalue weighted by molar-refractivity contribution is 5.94. The normalized spacial score (nSPS) is 9.88. The van der Waals surface area contributed by atoms with E-state index in [-0.39, 0.29) is 5.91 Å². The Kier molecular flexibility index (Phi) is 5.24. The maximum Gasteiger partial charge on any atom is 0.251 e. The summed E-state index contributed by atoms with van der Waals surface area (Å²) in [6.07, 6.45) is 1.52. The fourth-order valence-electron chi connectivity index (χ4n) is 1.13. The Morgan fingerprint density at radius 3 is 3.12 bits per heavy atom. The van der Waals surface area contributed by atoms with Crippen molar-refractivity contribution in [3.05, 3.63) is 23.9 Å². The Bertz CT molecular complexity index is 343. The van der Waals surface area contributed by atoms with E-state index in [0.29, 0.717) is 31.1 Å². The Morgan fingerprint density at radius 1 is 1.62 bits per heavy atom. The first-order chi connectivity index (χ1) is 7.77. The van der Waals surface area contributed by atoms with Crippen LogP contribution in [0.2, 0.25) is 0 Å². The van der Waals surface area contributed by atoms with Gasteiger partial charge in [-0.25, -0.2) is 10.8 Å². The molecule has 1 aromatic rings. The zero-order valence-electron chi connectivity index (χ0n) is 9.19. The van der Waals surface area contributed by atoms with Gasteiger partial charge in [-0.1, -0.05) is 0 Å². The molecule has 0 aliphatic rings. The molecule has 0 bridgehead atoms. The fraction of sp³-hybridized carbons (Fsp3) is 0.400. The van der Waals surface area contributed by atoms with Crippen LogP contribution in [-0.2, 0) is 4.74 Å². The van der Waals surface area contributed by atoms with Crippen LogP contribution in [0.25, 0.3) is 0 Å². The quantitative estimate of drug-likeness (QED) is 0.363. The molecule has 0 saturated carbocycles.